The maximum absolute atomic E-state index is 13.8. The quantitative estimate of drug-likeness (QED) is 0.461. The molecule has 0 radical (unpaired) electrons. The Hall–Kier alpha value is 0.0400. The van der Waals surface area contributed by atoms with Crippen LogP contribution in [0.5, 0.6) is 0 Å². The van der Waals surface area contributed by atoms with E-state index in [1.54, 1.807) is 0 Å². The lowest BCUT2D eigenvalue weighted by molar-refractivity contribution is 0.350. The fourth-order valence-electron chi connectivity index (χ4n) is 2.43. The molecule has 0 aliphatic heterocycles. The number of alkyl halides is 1. The van der Waals surface area contributed by atoms with E-state index in [4.69, 9.17) is 0 Å². The van der Waals surface area contributed by atoms with Crippen LogP contribution < -0.4 is 0 Å². The summed E-state index contributed by atoms with van der Waals surface area (Å²) in [5.74, 6) is -0.328. The molecule has 0 aromatic heterocycles. The number of halogens is 4. The molecule has 17 heavy (non-hydrogen) atoms. The van der Waals surface area contributed by atoms with Crippen molar-refractivity contribution in [3.8, 4) is 0 Å². The Kier molecular flexibility index (Phi) is 4.59. The molecular formula is C13H14Br2F2. The van der Waals surface area contributed by atoms with Gasteiger partial charge in [-0.2, -0.15) is 0 Å². The van der Waals surface area contributed by atoms with Crippen molar-refractivity contribution in [3.63, 3.8) is 0 Å². The van der Waals surface area contributed by atoms with Crippen LogP contribution in [-0.4, -0.2) is 0 Å². The van der Waals surface area contributed by atoms with E-state index < -0.39 is 5.82 Å². The molecule has 1 unspecified atom stereocenters. The van der Waals surface area contributed by atoms with Gasteiger partial charge in [-0.15, -0.1) is 0 Å². The van der Waals surface area contributed by atoms with Crippen LogP contribution in [0.25, 0.3) is 0 Å². The Labute approximate surface area is 117 Å². The Morgan fingerprint density at radius 3 is 2.35 bits per heavy atom. The monoisotopic (exact) mass is 366 g/mol. The van der Waals surface area contributed by atoms with Gasteiger partial charge in [0.15, 0.2) is 0 Å². The van der Waals surface area contributed by atoms with Crippen LogP contribution in [0, 0.1) is 17.6 Å². The highest BCUT2D eigenvalue weighted by atomic mass is 79.9. The first-order chi connectivity index (χ1) is 8.09. The van der Waals surface area contributed by atoms with E-state index in [1.807, 2.05) is 0 Å². The van der Waals surface area contributed by atoms with E-state index in [9.17, 15) is 8.78 Å². The highest BCUT2D eigenvalue weighted by molar-refractivity contribution is 9.10. The van der Waals surface area contributed by atoms with Crippen molar-refractivity contribution in [2.45, 2.75) is 36.9 Å². The molecular weight excluding hydrogens is 354 g/mol. The van der Waals surface area contributed by atoms with Gasteiger partial charge in [-0.25, -0.2) is 8.78 Å². The first kappa shape index (κ1) is 13.5. The van der Waals surface area contributed by atoms with Crippen LogP contribution >= 0.6 is 31.9 Å². The van der Waals surface area contributed by atoms with Crippen LogP contribution in [0.4, 0.5) is 8.78 Å². The molecule has 0 N–H and O–H groups in total. The third kappa shape index (κ3) is 3.08. The molecule has 1 aromatic carbocycles. The van der Waals surface area contributed by atoms with Gasteiger partial charge in [0.2, 0.25) is 0 Å². The Morgan fingerprint density at radius 1 is 1.06 bits per heavy atom. The highest BCUT2D eigenvalue weighted by Crippen LogP contribution is 2.41. The topological polar surface area (TPSA) is 0 Å². The van der Waals surface area contributed by atoms with Crippen molar-refractivity contribution < 1.29 is 8.78 Å². The minimum atomic E-state index is -0.401. The predicted octanol–water partition coefficient (Wildman–Crippen LogP) is 5.74. The first-order valence-corrected chi connectivity index (χ1v) is 7.59. The van der Waals surface area contributed by atoms with Crippen LogP contribution in [0.3, 0.4) is 0 Å². The normalized spacial score (nSPS) is 19.3. The molecule has 2 rings (SSSR count). The lowest BCUT2D eigenvalue weighted by atomic mass is 9.84. The molecule has 1 saturated carbocycles. The number of hydrogen-bond donors (Lipinski definition) is 0. The van der Waals surface area contributed by atoms with E-state index in [0.717, 1.165) is 12.8 Å². The van der Waals surface area contributed by atoms with Gasteiger partial charge >= 0.3 is 0 Å². The Balaban J connectivity index is 2.23. The number of rotatable bonds is 2. The standard InChI is InChI=1S/C13H14Br2F2/c14-10-7-11(16)9(6-12(10)17)13(15)8-4-2-1-3-5-8/h6-8,13H,1-5H2. The molecule has 1 aliphatic carbocycles. The number of hydrogen-bond acceptors (Lipinski definition) is 0. The fraction of sp³-hybridized carbons (Fsp3) is 0.538. The van der Waals surface area contributed by atoms with Gasteiger partial charge in [0.1, 0.15) is 11.6 Å². The Bertz CT molecular complexity index is 401. The second-order valence-electron chi connectivity index (χ2n) is 4.59. The smallest absolute Gasteiger partial charge is 0.137 e. The molecule has 0 heterocycles. The van der Waals surface area contributed by atoms with Crippen LogP contribution in [0.2, 0.25) is 0 Å². The molecule has 4 heteroatoms. The lowest BCUT2D eigenvalue weighted by Crippen LogP contribution is -2.13. The molecule has 1 atom stereocenters. The summed E-state index contributed by atoms with van der Waals surface area (Å²) in [6.45, 7) is 0. The summed E-state index contributed by atoms with van der Waals surface area (Å²) in [4.78, 5) is -0.0783. The van der Waals surface area contributed by atoms with Gasteiger partial charge in [0.05, 0.1) is 4.47 Å². The van der Waals surface area contributed by atoms with E-state index in [0.29, 0.717) is 11.5 Å². The molecule has 94 valence electrons. The van der Waals surface area contributed by atoms with Crippen molar-refractivity contribution in [1.82, 2.24) is 0 Å². The molecule has 0 bridgehead atoms. The van der Waals surface area contributed by atoms with Crippen molar-refractivity contribution in [2.24, 2.45) is 5.92 Å². The molecule has 1 fully saturated rings. The van der Waals surface area contributed by atoms with E-state index in [2.05, 4.69) is 31.9 Å². The summed E-state index contributed by atoms with van der Waals surface area (Å²) < 4.78 is 27.4. The summed E-state index contributed by atoms with van der Waals surface area (Å²) in [5, 5.41) is 0. The minimum Gasteiger partial charge on any atom is -0.207 e. The molecule has 0 nitrogen and oxygen atoms in total. The van der Waals surface area contributed by atoms with E-state index in [-0.39, 0.29) is 15.1 Å². The molecule has 0 saturated heterocycles. The van der Waals surface area contributed by atoms with E-state index >= 15 is 0 Å². The molecule has 1 aliphatic rings. The summed E-state index contributed by atoms with van der Waals surface area (Å²) in [7, 11) is 0. The largest absolute Gasteiger partial charge is 0.207 e. The van der Waals surface area contributed by atoms with Gasteiger partial charge in [-0.3, -0.25) is 0 Å². The number of benzene rings is 1. The fourth-order valence-corrected chi connectivity index (χ4v) is 3.63. The lowest BCUT2D eigenvalue weighted by Gasteiger charge is -2.27. The van der Waals surface area contributed by atoms with Crippen molar-refractivity contribution >= 4 is 31.9 Å². The summed E-state index contributed by atoms with van der Waals surface area (Å²) in [6, 6.07) is 2.51. The van der Waals surface area contributed by atoms with Gasteiger partial charge < -0.3 is 0 Å². The van der Waals surface area contributed by atoms with Gasteiger partial charge in [0.25, 0.3) is 0 Å². The van der Waals surface area contributed by atoms with Gasteiger partial charge in [-0.05, 0) is 46.8 Å². The summed E-state index contributed by atoms with van der Waals surface area (Å²) in [6.07, 6.45) is 5.81. The average Bonchev–Trinajstić information content (AvgIpc) is 2.34. The summed E-state index contributed by atoms with van der Waals surface area (Å²) >= 11 is 6.53. The van der Waals surface area contributed by atoms with Crippen LogP contribution in [0.1, 0.15) is 42.5 Å². The van der Waals surface area contributed by atoms with Crippen molar-refractivity contribution in [1.29, 1.82) is 0 Å². The molecule has 0 amide bonds. The molecule has 1 aromatic rings. The third-order valence-corrected chi connectivity index (χ3v) is 5.25. The SMILES string of the molecule is Fc1cc(C(Br)C2CCCCC2)c(F)cc1Br. The zero-order valence-electron chi connectivity index (χ0n) is 9.36. The van der Waals surface area contributed by atoms with E-state index in [1.165, 1.54) is 31.4 Å². The van der Waals surface area contributed by atoms with Gasteiger partial charge in [-0.1, -0.05) is 35.2 Å². The maximum Gasteiger partial charge on any atom is 0.137 e. The third-order valence-electron chi connectivity index (χ3n) is 3.40. The average molecular weight is 368 g/mol. The Morgan fingerprint density at radius 2 is 1.71 bits per heavy atom. The summed E-state index contributed by atoms with van der Waals surface area (Å²) in [5.41, 5.74) is 0.442. The van der Waals surface area contributed by atoms with Gasteiger partial charge in [0, 0.05) is 10.4 Å². The zero-order valence-corrected chi connectivity index (χ0v) is 12.5. The first-order valence-electron chi connectivity index (χ1n) is 5.88. The predicted molar refractivity (Wildman–Crippen MR) is 72.3 cm³/mol. The maximum atomic E-state index is 13.8. The minimum absolute atomic E-state index is 0.0783. The molecule has 0 spiro atoms. The second kappa shape index (κ2) is 5.79. The van der Waals surface area contributed by atoms with Crippen LogP contribution in [0.15, 0.2) is 16.6 Å². The highest BCUT2D eigenvalue weighted by Gasteiger charge is 2.25. The second-order valence-corrected chi connectivity index (χ2v) is 6.43. The van der Waals surface area contributed by atoms with Crippen LogP contribution in [-0.2, 0) is 0 Å². The van der Waals surface area contributed by atoms with Crippen molar-refractivity contribution in [3.05, 3.63) is 33.8 Å². The van der Waals surface area contributed by atoms with Crippen molar-refractivity contribution in [2.75, 3.05) is 0 Å². The zero-order chi connectivity index (χ0) is 12.4.